The fraction of sp³-hybridized carbons (Fsp3) is 0.333. The van der Waals surface area contributed by atoms with Gasteiger partial charge in [-0.15, -0.1) is 0 Å². The van der Waals surface area contributed by atoms with Crippen molar-refractivity contribution in [2.24, 2.45) is 7.05 Å². The zero-order chi connectivity index (χ0) is 17.1. The van der Waals surface area contributed by atoms with E-state index < -0.39 is 0 Å². The predicted molar refractivity (Wildman–Crippen MR) is 87.6 cm³/mol. The van der Waals surface area contributed by atoms with Gasteiger partial charge in [0.25, 0.3) is 11.8 Å². The summed E-state index contributed by atoms with van der Waals surface area (Å²) in [5, 5.41) is 14.6. The van der Waals surface area contributed by atoms with E-state index in [1.807, 2.05) is 37.7 Å². The lowest BCUT2D eigenvalue weighted by molar-refractivity contribution is -0.123. The van der Waals surface area contributed by atoms with Crippen LogP contribution >= 0.6 is 11.3 Å². The topological polar surface area (TPSA) is 95.1 Å². The second-order valence-electron chi connectivity index (χ2n) is 5.22. The minimum Gasteiger partial charge on any atom is -0.480 e. The fourth-order valence-corrected chi connectivity index (χ4v) is 2.79. The SMILES string of the molecule is Cc1nn(C)c(C)c1OCC(=O)NCc1noc(-c2ccsc2)n1. The maximum Gasteiger partial charge on any atom is 0.258 e. The molecule has 3 rings (SSSR count). The van der Waals surface area contributed by atoms with Crippen molar-refractivity contribution >= 4 is 17.2 Å². The zero-order valence-electron chi connectivity index (χ0n) is 13.6. The first-order chi connectivity index (χ1) is 11.5. The van der Waals surface area contributed by atoms with Crippen LogP contribution in [0.15, 0.2) is 21.3 Å². The number of amides is 1. The number of nitrogens with zero attached hydrogens (tertiary/aromatic N) is 4. The summed E-state index contributed by atoms with van der Waals surface area (Å²) in [6, 6.07) is 1.90. The number of hydrogen-bond acceptors (Lipinski definition) is 7. The van der Waals surface area contributed by atoms with E-state index in [0.717, 1.165) is 17.0 Å². The molecular weight excluding hydrogens is 330 g/mol. The molecule has 126 valence electrons. The van der Waals surface area contributed by atoms with Crippen molar-refractivity contribution in [3.05, 3.63) is 34.0 Å². The average molecular weight is 347 g/mol. The lowest BCUT2D eigenvalue weighted by Gasteiger charge is -2.06. The molecule has 0 fully saturated rings. The lowest BCUT2D eigenvalue weighted by atomic mass is 10.3. The maximum atomic E-state index is 11.9. The molecule has 0 bridgehead atoms. The Morgan fingerprint density at radius 3 is 2.96 bits per heavy atom. The summed E-state index contributed by atoms with van der Waals surface area (Å²) in [7, 11) is 1.83. The van der Waals surface area contributed by atoms with Gasteiger partial charge >= 0.3 is 0 Å². The number of aromatic nitrogens is 4. The fourth-order valence-electron chi connectivity index (χ4n) is 2.16. The van der Waals surface area contributed by atoms with E-state index in [0.29, 0.717) is 17.5 Å². The van der Waals surface area contributed by atoms with Crippen LogP contribution < -0.4 is 10.1 Å². The van der Waals surface area contributed by atoms with E-state index in [2.05, 4.69) is 20.6 Å². The Morgan fingerprint density at radius 1 is 1.46 bits per heavy atom. The normalized spacial score (nSPS) is 10.8. The van der Waals surface area contributed by atoms with Crippen LogP contribution in [0.5, 0.6) is 5.75 Å². The second kappa shape index (κ2) is 6.83. The number of hydrogen-bond donors (Lipinski definition) is 1. The monoisotopic (exact) mass is 347 g/mol. The van der Waals surface area contributed by atoms with Crippen molar-refractivity contribution in [1.82, 2.24) is 25.2 Å². The first-order valence-corrected chi connectivity index (χ1v) is 8.23. The van der Waals surface area contributed by atoms with Crippen LogP contribution in [0.1, 0.15) is 17.2 Å². The Hall–Kier alpha value is -2.68. The molecule has 0 aliphatic rings. The molecule has 0 aromatic carbocycles. The highest BCUT2D eigenvalue weighted by Crippen LogP contribution is 2.21. The van der Waals surface area contributed by atoms with Gasteiger partial charge in [-0.25, -0.2) is 0 Å². The molecule has 3 aromatic heterocycles. The molecule has 0 unspecified atom stereocenters. The Balaban J connectivity index is 1.51. The highest BCUT2D eigenvalue weighted by atomic mass is 32.1. The number of ether oxygens (including phenoxy) is 1. The van der Waals surface area contributed by atoms with E-state index in [9.17, 15) is 4.79 Å². The van der Waals surface area contributed by atoms with Gasteiger partial charge in [-0.05, 0) is 25.3 Å². The van der Waals surface area contributed by atoms with E-state index in [1.165, 1.54) is 0 Å². The van der Waals surface area contributed by atoms with Crippen LogP contribution in [0, 0.1) is 13.8 Å². The molecule has 8 nitrogen and oxygen atoms in total. The summed E-state index contributed by atoms with van der Waals surface area (Å²) in [6.07, 6.45) is 0. The zero-order valence-corrected chi connectivity index (χ0v) is 14.4. The minimum absolute atomic E-state index is 0.0946. The van der Waals surface area contributed by atoms with Gasteiger partial charge in [-0.1, -0.05) is 5.16 Å². The van der Waals surface area contributed by atoms with Crippen molar-refractivity contribution in [2.75, 3.05) is 6.61 Å². The molecule has 0 aliphatic carbocycles. The van der Waals surface area contributed by atoms with Gasteiger partial charge in [0.15, 0.2) is 18.2 Å². The standard InChI is InChI=1S/C15H17N5O3S/c1-9-14(10(2)20(3)18-9)22-7-13(21)16-6-12-17-15(23-19-12)11-4-5-24-8-11/h4-5,8H,6-7H2,1-3H3,(H,16,21). The number of carbonyl (C=O) groups excluding carboxylic acids is 1. The Bertz CT molecular complexity index is 838. The highest BCUT2D eigenvalue weighted by Gasteiger charge is 2.14. The van der Waals surface area contributed by atoms with Crippen LogP contribution in [0.2, 0.25) is 0 Å². The van der Waals surface area contributed by atoms with Crippen LogP contribution in [-0.4, -0.2) is 32.4 Å². The first-order valence-electron chi connectivity index (χ1n) is 7.29. The molecule has 0 aliphatic heterocycles. The van der Waals surface area contributed by atoms with Gasteiger partial charge in [0.05, 0.1) is 17.8 Å². The van der Waals surface area contributed by atoms with E-state index in [-0.39, 0.29) is 19.1 Å². The molecule has 9 heteroatoms. The van der Waals surface area contributed by atoms with Crippen molar-refractivity contribution < 1.29 is 14.1 Å². The van der Waals surface area contributed by atoms with Crippen molar-refractivity contribution in [2.45, 2.75) is 20.4 Å². The van der Waals surface area contributed by atoms with E-state index in [4.69, 9.17) is 9.26 Å². The summed E-state index contributed by atoms with van der Waals surface area (Å²) in [5.74, 6) is 1.23. The summed E-state index contributed by atoms with van der Waals surface area (Å²) < 4.78 is 12.4. The minimum atomic E-state index is -0.264. The lowest BCUT2D eigenvalue weighted by Crippen LogP contribution is -2.29. The number of aryl methyl sites for hydroxylation is 2. The maximum absolute atomic E-state index is 11.9. The van der Waals surface area contributed by atoms with Gasteiger partial charge in [0.2, 0.25) is 0 Å². The molecule has 1 N–H and O–H groups in total. The summed E-state index contributed by atoms with van der Waals surface area (Å²) in [6.45, 7) is 3.81. The average Bonchev–Trinajstić information content (AvgIpc) is 3.27. The molecule has 24 heavy (non-hydrogen) atoms. The molecule has 3 aromatic rings. The summed E-state index contributed by atoms with van der Waals surface area (Å²) >= 11 is 1.55. The molecule has 0 spiro atoms. The van der Waals surface area contributed by atoms with Crippen LogP contribution in [0.4, 0.5) is 0 Å². The predicted octanol–water partition coefficient (Wildman–Crippen LogP) is 1.84. The molecule has 3 heterocycles. The number of nitrogens with one attached hydrogen (secondary N) is 1. The molecular formula is C15H17N5O3S. The van der Waals surface area contributed by atoms with Gasteiger partial charge in [0, 0.05) is 12.4 Å². The molecule has 1 amide bonds. The van der Waals surface area contributed by atoms with Crippen molar-refractivity contribution in [3.8, 4) is 17.2 Å². The third-order valence-corrected chi connectivity index (χ3v) is 4.15. The number of thiophene rings is 1. The molecule has 0 saturated carbocycles. The van der Waals surface area contributed by atoms with E-state index in [1.54, 1.807) is 16.0 Å². The number of carbonyl (C=O) groups is 1. The smallest absolute Gasteiger partial charge is 0.258 e. The van der Waals surface area contributed by atoms with Crippen LogP contribution in [0.3, 0.4) is 0 Å². The number of rotatable bonds is 6. The Kier molecular flexibility index (Phi) is 4.61. The van der Waals surface area contributed by atoms with Gasteiger partial charge in [-0.3, -0.25) is 9.48 Å². The molecule has 0 saturated heterocycles. The van der Waals surface area contributed by atoms with Gasteiger partial charge in [-0.2, -0.15) is 21.4 Å². The van der Waals surface area contributed by atoms with Crippen molar-refractivity contribution in [1.29, 1.82) is 0 Å². The van der Waals surface area contributed by atoms with Crippen LogP contribution in [0.25, 0.3) is 11.5 Å². The Labute approximate surface area is 142 Å². The summed E-state index contributed by atoms with van der Waals surface area (Å²) in [5.41, 5.74) is 2.50. The molecule has 0 radical (unpaired) electrons. The third-order valence-electron chi connectivity index (χ3n) is 3.47. The molecule has 0 atom stereocenters. The highest BCUT2D eigenvalue weighted by molar-refractivity contribution is 7.08. The van der Waals surface area contributed by atoms with Crippen molar-refractivity contribution in [3.63, 3.8) is 0 Å². The van der Waals surface area contributed by atoms with Gasteiger partial charge < -0.3 is 14.6 Å². The summed E-state index contributed by atoms with van der Waals surface area (Å²) in [4.78, 5) is 16.1. The van der Waals surface area contributed by atoms with Gasteiger partial charge in [0.1, 0.15) is 5.69 Å². The largest absolute Gasteiger partial charge is 0.480 e. The third kappa shape index (κ3) is 3.46. The first kappa shape index (κ1) is 16.2. The second-order valence-corrected chi connectivity index (χ2v) is 6.00. The Morgan fingerprint density at radius 2 is 2.29 bits per heavy atom. The van der Waals surface area contributed by atoms with E-state index >= 15 is 0 Å². The van der Waals surface area contributed by atoms with Crippen LogP contribution in [-0.2, 0) is 18.4 Å². The quantitative estimate of drug-likeness (QED) is 0.731.